The molecule has 1 aliphatic rings. The molecule has 1 saturated heterocycles. The average Bonchev–Trinajstić information content (AvgIpc) is 2.29. The molecule has 4 heteroatoms. The Kier molecular flexibility index (Phi) is 3.76. The van der Waals surface area contributed by atoms with Crippen LogP contribution in [-0.4, -0.2) is 41.7 Å². The summed E-state index contributed by atoms with van der Waals surface area (Å²) in [5.74, 6) is -0.861. The van der Waals surface area contributed by atoms with Gasteiger partial charge in [-0.1, -0.05) is 12.1 Å². The molecule has 0 aromatic heterocycles. The van der Waals surface area contributed by atoms with Crippen LogP contribution in [0.1, 0.15) is 22.8 Å². The summed E-state index contributed by atoms with van der Waals surface area (Å²) in [7, 11) is 0. The minimum Gasteiger partial charge on any atom is -0.478 e. The number of benzene rings is 1. The molecule has 1 aromatic carbocycles. The Balaban J connectivity index is 2.02. The third kappa shape index (κ3) is 3.28. The third-order valence-corrected chi connectivity index (χ3v) is 3.03. The number of piperazine rings is 1. The van der Waals surface area contributed by atoms with Gasteiger partial charge in [-0.05, 0) is 24.6 Å². The highest BCUT2D eigenvalue weighted by Gasteiger charge is 2.15. The summed E-state index contributed by atoms with van der Waals surface area (Å²) in [4.78, 5) is 13.2. The summed E-state index contributed by atoms with van der Waals surface area (Å²) >= 11 is 0. The van der Waals surface area contributed by atoms with Gasteiger partial charge in [-0.25, -0.2) is 4.79 Å². The van der Waals surface area contributed by atoms with Crippen molar-refractivity contribution in [3.8, 4) is 0 Å². The van der Waals surface area contributed by atoms with Crippen molar-refractivity contribution in [1.82, 2.24) is 10.2 Å². The van der Waals surface area contributed by atoms with E-state index in [1.165, 1.54) is 0 Å². The fourth-order valence-corrected chi connectivity index (χ4v) is 2.22. The van der Waals surface area contributed by atoms with E-state index in [0.717, 1.165) is 31.7 Å². The van der Waals surface area contributed by atoms with Crippen molar-refractivity contribution in [1.29, 1.82) is 0 Å². The van der Waals surface area contributed by atoms with Gasteiger partial charge in [0.1, 0.15) is 0 Å². The smallest absolute Gasteiger partial charge is 0.335 e. The number of nitrogens with one attached hydrogen (secondary N) is 1. The molecule has 2 rings (SSSR count). The van der Waals surface area contributed by atoms with Gasteiger partial charge < -0.3 is 10.4 Å². The first-order valence-electron chi connectivity index (χ1n) is 5.93. The highest BCUT2D eigenvalue weighted by Crippen LogP contribution is 2.10. The van der Waals surface area contributed by atoms with E-state index in [9.17, 15) is 4.79 Å². The van der Waals surface area contributed by atoms with Crippen LogP contribution in [0.2, 0.25) is 0 Å². The van der Waals surface area contributed by atoms with Crippen molar-refractivity contribution in [2.75, 3.05) is 19.6 Å². The fraction of sp³-hybridized carbons (Fsp3) is 0.462. The maximum absolute atomic E-state index is 10.9. The molecule has 0 aliphatic carbocycles. The summed E-state index contributed by atoms with van der Waals surface area (Å²) in [6.07, 6.45) is 0. The highest BCUT2D eigenvalue weighted by molar-refractivity contribution is 5.87. The summed E-state index contributed by atoms with van der Waals surface area (Å²) in [5.41, 5.74) is 1.43. The second-order valence-electron chi connectivity index (χ2n) is 4.60. The molecule has 4 nitrogen and oxygen atoms in total. The minimum absolute atomic E-state index is 0.366. The van der Waals surface area contributed by atoms with Gasteiger partial charge in [-0.15, -0.1) is 0 Å². The molecule has 0 unspecified atom stereocenters. The maximum Gasteiger partial charge on any atom is 0.335 e. The molecule has 1 atom stereocenters. The van der Waals surface area contributed by atoms with Gasteiger partial charge in [0.2, 0.25) is 0 Å². The monoisotopic (exact) mass is 234 g/mol. The fourth-order valence-electron chi connectivity index (χ4n) is 2.22. The Morgan fingerprint density at radius 1 is 1.59 bits per heavy atom. The second kappa shape index (κ2) is 5.29. The topological polar surface area (TPSA) is 52.6 Å². The summed E-state index contributed by atoms with van der Waals surface area (Å²) < 4.78 is 0. The van der Waals surface area contributed by atoms with E-state index in [-0.39, 0.29) is 0 Å². The highest BCUT2D eigenvalue weighted by atomic mass is 16.4. The molecule has 17 heavy (non-hydrogen) atoms. The van der Waals surface area contributed by atoms with E-state index in [1.807, 2.05) is 12.1 Å². The predicted octanol–water partition coefficient (Wildman–Crippen LogP) is 1.18. The number of carboxylic acids is 1. The molecule has 1 aliphatic heterocycles. The number of hydrogen-bond acceptors (Lipinski definition) is 3. The molecule has 92 valence electrons. The van der Waals surface area contributed by atoms with Crippen LogP contribution in [0.5, 0.6) is 0 Å². The van der Waals surface area contributed by atoms with Gasteiger partial charge in [0, 0.05) is 32.2 Å². The number of rotatable bonds is 3. The van der Waals surface area contributed by atoms with Crippen molar-refractivity contribution in [2.24, 2.45) is 0 Å². The first-order chi connectivity index (χ1) is 8.15. The molecule has 1 heterocycles. The zero-order valence-corrected chi connectivity index (χ0v) is 10.0. The van der Waals surface area contributed by atoms with Crippen LogP contribution in [0.3, 0.4) is 0 Å². The number of hydrogen-bond donors (Lipinski definition) is 2. The van der Waals surface area contributed by atoms with E-state index < -0.39 is 5.97 Å². The Labute approximate surface area is 101 Å². The average molecular weight is 234 g/mol. The predicted molar refractivity (Wildman–Crippen MR) is 66.1 cm³/mol. The quantitative estimate of drug-likeness (QED) is 0.824. The standard InChI is InChI=1S/C13H18N2O2/c1-10-8-15(6-5-14-10)9-11-3-2-4-12(7-11)13(16)17/h2-4,7,10,14H,5-6,8-9H2,1H3,(H,16,17)/t10-/m0/s1. The van der Waals surface area contributed by atoms with Gasteiger partial charge in [0.15, 0.2) is 0 Å². The number of carboxylic acid groups (broad SMARTS) is 1. The van der Waals surface area contributed by atoms with Crippen molar-refractivity contribution >= 4 is 5.97 Å². The van der Waals surface area contributed by atoms with Gasteiger partial charge in [0.25, 0.3) is 0 Å². The summed E-state index contributed by atoms with van der Waals surface area (Å²) in [6, 6.07) is 7.69. The molecule has 0 saturated carbocycles. The van der Waals surface area contributed by atoms with Crippen LogP contribution < -0.4 is 5.32 Å². The van der Waals surface area contributed by atoms with Gasteiger partial charge in [-0.2, -0.15) is 0 Å². The van der Waals surface area contributed by atoms with E-state index in [0.29, 0.717) is 11.6 Å². The molecule has 0 radical (unpaired) electrons. The Hall–Kier alpha value is -1.39. The van der Waals surface area contributed by atoms with Crippen molar-refractivity contribution in [3.63, 3.8) is 0 Å². The van der Waals surface area contributed by atoms with Crippen LogP contribution in [0, 0.1) is 0 Å². The molecule has 0 spiro atoms. The Bertz CT molecular complexity index is 406. The maximum atomic E-state index is 10.9. The first-order valence-corrected chi connectivity index (χ1v) is 5.93. The lowest BCUT2D eigenvalue weighted by Crippen LogP contribution is -2.48. The molecular formula is C13H18N2O2. The van der Waals surface area contributed by atoms with Crippen molar-refractivity contribution in [3.05, 3.63) is 35.4 Å². The van der Waals surface area contributed by atoms with E-state index in [4.69, 9.17) is 5.11 Å². The first kappa shape index (κ1) is 12.1. The van der Waals surface area contributed by atoms with Crippen LogP contribution in [0.15, 0.2) is 24.3 Å². The lowest BCUT2D eigenvalue weighted by molar-refractivity contribution is 0.0696. The number of nitrogens with zero attached hydrogens (tertiary/aromatic N) is 1. The molecule has 0 amide bonds. The van der Waals surface area contributed by atoms with Gasteiger partial charge in [-0.3, -0.25) is 4.90 Å². The van der Waals surface area contributed by atoms with Crippen molar-refractivity contribution in [2.45, 2.75) is 19.5 Å². The SMILES string of the molecule is C[C@H]1CN(Cc2cccc(C(=O)O)c2)CCN1. The molecule has 1 fully saturated rings. The third-order valence-electron chi connectivity index (χ3n) is 3.03. The molecular weight excluding hydrogens is 216 g/mol. The van der Waals surface area contributed by atoms with Crippen LogP contribution >= 0.6 is 0 Å². The molecule has 2 N–H and O–H groups in total. The van der Waals surface area contributed by atoms with E-state index in [1.54, 1.807) is 12.1 Å². The van der Waals surface area contributed by atoms with Crippen molar-refractivity contribution < 1.29 is 9.90 Å². The largest absolute Gasteiger partial charge is 0.478 e. The number of aromatic carboxylic acids is 1. The van der Waals surface area contributed by atoms with Crippen LogP contribution in [-0.2, 0) is 6.54 Å². The van der Waals surface area contributed by atoms with Crippen LogP contribution in [0.25, 0.3) is 0 Å². The second-order valence-corrected chi connectivity index (χ2v) is 4.60. The zero-order chi connectivity index (χ0) is 12.3. The Morgan fingerprint density at radius 3 is 3.12 bits per heavy atom. The van der Waals surface area contributed by atoms with Crippen LogP contribution in [0.4, 0.5) is 0 Å². The summed E-state index contributed by atoms with van der Waals surface area (Å²) in [6.45, 7) is 6.02. The lowest BCUT2D eigenvalue weighted by atomic mass is 10.1. The van der Waals surface area contributed by atoms with E-state index in [2.05, 4.69) is 17.1 Å². The normalized spacial score (nSPS) is 21.4. The van der Waals surface area contributed by atoms with Gasteiger partial charge in [0.05, 0.1) is 5.56 Å². The molecule has 1 aromatic rings. The molecule has 0 bridgehead atoms. The van der Waals surface area contributed by atoms with Gasteiger partial charge >= 0.3 is 5.97 Å². The lowest BCUT2D eigenvalue weighted by Gasteiger charge is -2.31. The zero-order valence-electron chi connectivity index (χ0n) is 10.0. The Morgan fingerprint density at radius 2 is 2.41 bits per heavy atom. The van der Waals surface area contributed by atoms with E-state index >= 15 is 0 Å². The number of carbonyl (C=O) groups is 1. The minimum atomic E-state index is -0.861. The summed E-state index contributed by atoms with van der Waals surface area (Å²) in [5, 5.41) is 12.3.